The lowest BCUT2D eigenvalue weighted by atomic mass is 10.0. The summed E-state index contributed by atoms with van der Waals surface area (Å²) in [5.41, 5.74) is 1.75. The van der Waals surface area contributed by atoms with Crippen LogP contribution in [0.25, 0.3) is 0 Å². The van der Waals surface area contributed by atoms with Crippen molar-refractivity contribution < 1.29 is 13.2 Å². The predicted octanol–water partition coefficient (Wildman–Crippen LogP) is 4.12. The van der Waals surface area contributed by atoms with Gasteiger partial charge in [-0.15, -0.1) is 0 Å². The van der Waals surface area contributed by atoms with E-state index in [0.717, 1.165) is 11.1 Å². The van der Waals surface area contributed by atoms with Crippen molar-refractivity contribution in [2.45, 2.75) is 38.9 Å². The molecule has 0 radical (unpaired) electrons. The normalized spacial score (nSPS) is 13.7. The Hall–Kier alpha value is -0.740. The van der Waals surface area contributed by atoms with E-state index in [0.29, 0.717) is 11.6 Å². The first-order chi connectivity index (χ1) is 8.31. The zero-order valence-corrected chi connectivity index (χ0v) is 11.2. The smallest absolute Gasteiger partial charge is 0.314 e. The largest absolute Gasteiger partial charge is 0.390 e. The van der Waals surface area contributed by atoms with Crippen LogP contribution in [0, 0.1) is 6.92 Å². The molecule has 0 saturated carbocycles. The van der Waals surface area contributed by atoms with Gasteiger partial charge in [-0.05, 0) is 37.1 Å². The highest BCUT2D eigenvalue weighted by Gasteiger charge is 2.31. The van der Waals surface area contributed by atoms with E-state index in [-0.39, 0.29) is 6.42 Å². The lowest BCUT2D eigenvalue weighted by molar-refractivity contribution is -0.139. The molecule has 0 bridgehead atoms. The molecule has 1 atom stereocenters. The first kappa shape index (κ1) is 15.3. The van der Waals surface area contributed by atoms with Gasteiger partial charge in [0.1, 0.15) is 0 Å². The number of nitrogens with one attached hydrogen (secondary N) is 1. The third-order valence-electron chi connectivity index (χ3n) is 2.65. The van der Waals surface area contributed by atoms with Crippen LogP contribution in [0.4, 0.5) is 13.2 Å². The Morgan fingerprint density at radius 2 is 2.00 bits per heavy atom. The molecule has 0 aliphatic carbocycles. The monoisotopic (exact) mass is 279 g/mol. The fourth-order valence-corrected chi connectivity index (χ4v) is 2.18. The van der Waals surface area contributed by atoms with Crippen molar-refractivity contribution in [1.82, 2.24) is 5.32 Å². The van der Waals surface area contributed by atoms with Gasteiger partial charge in [0, 0.05) is 11.1 Å². The molecule has 18 heavy (non-hydrogen) atoms. The van der Waals surface area contributed by atoms with Crippen molar-refractivity contribution in [3.8, 4) is 0 Å². The number of rotatable bonds is 5. The Kier molecular flexibility index (Phi) is 5.47. The number of likely N-dealkylation sites (N-methyl/N-ethyl adjacent to an activating group) is 1. The van der Waals surface area contributed by atoms with Gasteiger partial charge in [0.2, 0.25) is 0 Å². The average Bonchev–Trinajstić information content (AvgIpc) is 2.20. The number of alkyl halides is 3. The van der Waals surface area contributed by atoms with Gasteiger partial charge < -0.3 is 5.32 Å². The highest BCUT2D eigenvalue weighted by Crippen LogP contribution is 2.25. The van der Waals surface area contributed by atoms with Gasteiger partial charge in [-0.2, -0.15) is 13.2 Å². The van der Waals surface area contributed by atoms with Crippen LogP contribution in [0.15, 0.2) is 18.2 Å². The molecule has 1 nitrogen and oxygen atoms in total. The number of benzene rings is 1. The lowest BCUT2D eigenvalue weighted by Gasteiger charge is -2.20. The van der Waals surface area contributed by atoms with E-state index in [2.05, 4.69) is 5.32 Å². The first-order valence-corrected chi connectivity index (χ1v) is 6.24. The molecule has 1 N–H and O–H groups in total. The van der Waals surface area contributed by atoms with Crippen molar-refractivity contribution in [3.63, 3.8) is 0 Å². The molecule has 0 amide bonds. The first-order valence-electron chi connectivity index (χ1n) is 5.87. The summed E-state index contributed by atoms with van der Waals surface area (Å²) in [7, 11) is 0. The Morgan fingerprint density at radius 3 is 2.50 bits per heavy atom. The van der Waals surface area contributed by atoms with Gasteiger partial charge >= 0.3 is 6.18 Å². The van der Waals surface area contributed by atoms with Crippen LogP contribution >= 0.6 is 11.6 Å². The summed E-state index contributed by atoms with van der Waals surface area (Å²) in [4.78, 5) is 0. The van der Waals surface area contributed by atoms with Crippen LogP contribution in [-0.2, 0) is 6.42 Å². The average molecular weight is 280 g/mol. The van der Waals surface area contributed by atoms with E-state index in [1.807, 2.05) is 13.0 Å². The molecule has 0 aliphatic heterocycles. The SMILES string of the molecule is CCNC(Cc1ccc(C)cc1Cl)CC(F)(F)F. The molecule has 102 valence electrons. The molecule has 0 aliphatic rings. The van der Waals surface area contributed by atoms with Crippen molar-refractivity contribution in [2.24, 2.45) is 0 Å². The van der Waals surface area contributed by atoms with E-state index >= 15 is 0 Å². The minimum absolute atomic E-state index is 0.284. The highest BCUT2D eigenvalue weighted by molar-refractivity contribution is 6.31. The summed E-state index contributed by atoms with van der Waals surface area (Å²) in [5, 5.41) is 3.38. The molecule has 1 unspecified atom stereocenters. The molecule has 5 heteroatoms. The van der Waals surface area contributed by atoms with Crippen LogP contribution < -0.4 is 5.32 Å². The number of aryl methyl sites for hydroxylation is 1. The van der Waals surface area contributed by atoms with Crippen molar-refractivity contribution in [2.75, 3.05) is 6.54 Å². The van der Waals surface area contributed by atoms with Crippen molar-refractivity contribution >= 4 is 11.6 Å². The quantitative estimate of drug-likeness (QED) is 0.855. The Morgan fingerprint density at radius 1 is 1.33 bits per heavy atom. The highest BCUT2D eigenvalue weighted by atomic mass is 35.5. The molecule has 0 spiro atoms. The third-order valence-corrected chi connectivity index (χ3v) is 3.00. The van der Waals surface area contributed by atoms with E-state index in [1.165, 1.54) is 0 Å². The van der Waals surface area contributed by atoms with Crippen LogP contribution in [-0.4, -0.2) is 18.8 Å². The zero-order chi connectivity index (χ0) is 13.8. The van der Waals surface area contributed by atoms with Crippen LogP contribution in [0.1, 0.15) is 24.5 Å². The van der Waals surface area contributed by atoms with E-state index in [1.54, 1.807) is 19.1 Å². The van der Waals surface area contributed by atoms with E-state index < -0.39 is 18.6 Å². The van der Waals surface area contributed by atoms with E-state index in [4.69, 9.17) is 11.6 Å². The maximum Gasteiger partial charge on any atom is 0.390 e. The Bertz CT molecular complexity index is 390. The van der Waals surface area contributed by atoms with Crippen LogP contribution in [0.5, 0.6) is 0 Å². The van der Waals surface area contributed by atoms with Gasteiger partial charge in [0.25, 0.3) is 0 Å². The third kappa shape index (κ3) is 5.27. The summed E-state index contributed by atoms with van der Waals surface area (Å²) in [5.74, 6) is 0. The minimum atomic E-state index is -4.16. The fraction of sp³-hybridized carbons (Fsp3) is 0.538. The molecule has 1 rings (SSSR count). The number of hydrogen-bond donors (Lipinski definition) is 1. The van der Waals surface area contributed by atoms with Crippen molar-refractivity contribution in [1.29, 1.82) is 0 Å². The summed E-state index contributed by atoms with van der Waals surface area (Å²) in [6.07, 6.45) is -4.72. The summed E-state index contributed by atoms with van der Waals surface area (Å²) < 4.78 is 37.3. The summed E-state index contributed by atoms with van der Waals surface area (Å²) in [6, 6.07) is 4.79. The summed E-state index contributed by atoms with van der Waals surface area (Å²) in [6.45, 7) is 4.19. The van der Waals surface area contributed by atoms with Gasteiger partial charge in [0.05, 0.1) is 6.42 Å². The minimum Gasteiger partial charge on any atom is -0.314 e. The standard InChI is InChI=1S/C13H17ClF3N/c1-3-18-11(8-13(15,16)17)7-10-5-4-9(2)6-12(10)14/h4-6,11,18H,3,7-8H2,1-2H3. The molecule has 1 aromatic rings. The van der Waals surface area contributed by atoms with Gasteiger partial charge in [0.15, 0.2) is 0 Å². The molecule has 0 fully saturated rings. The lowest BCUT2D eigenvalue weighted by Crippen LogP contribution is -2.35. The fourth-order valence-electron chi connectivity index (χ4n) is 1.87. The Labute approximate surface area is 110 Å². The Balaban J connectivity index is 2.76. The van der Waals surface area contributed by atoms with Gasteiger partial charge in [-0.1, -0.05) is 30.7 Å². The second-order valence-electron chi connectivity index (χ2n) is 4.37. The molecule has 0 heterocycles. The molecular weight excluding hydrogens is 263 g/mol. The zero-order valence-electron chi connectivity index (χ0n) is 10.4. The second-order valence-corrected chi connectivity index (χ2v) is 4.78. The molecule has 1 aromatic carbocycles. The van der Waals surface area contributed by atoms with Gasteiger partial charge in [-0.25, -0.2) is 0 Å². The van der Waals surface area contributed by atoms with E-state index in [9.17, 15) is 13.2 Å². The maximum atomic E-state index is 12.4. The molecular formula is C13H17ClF3N. The maximum absolute atomic E-state index is 12.4. The number of hydrogen-bond acceptors (Lipinski definition) is 1. The van der Waals surface area contributed by atoms with Gasteiger partial charge in [-0.3, -0.25) is 0 Å². The second kappa shape index (κ2) is 6.43. The van der Waals surface area contributed by atoms with Crippen molar-refractivity contribution in [3.05, 3.63) is 34.3 Å². The molecule has 0 saturated heterocycles. The summed E-state index contributed by atoms with van der Waals surface area (Å²) >= 11 is 6.04. The van der Waals surface area contributed by atoms with Crippen LogP contribution in [0.2, 0.25) is 5.02 Å². The molecule has 0 aromatic heterocycles. The number of halogens is 4. The predicted molar refractivity (Wildman–Crippen MR) is 68.0 cm³/mol. The van der Waals surface area contributed by atoms with Crippen LogP contribution in [0.3, 0.4) is 0 Å². The topological polar surface area (TPSA) is 12.0 Å².